The average molecular weight is 327 g/mol. The van der Waals surface area contributed by atoms with Gasteiger partial charge < -0.3 is 14.9 Å². The summed E-state index contributed by atoms with van der Waals surface area (Å²) in [6.07, 6.45) is 8.01. The van der Waals surface area contributed by atoms with Crippen LogP contribution in [0.3, 0.4) is 0 Å². The topological polar surface area (TPSA) is 66.9 Å². The van der Waals surface area contributed by atoms with E-state index in [2.05, 4.69) is 23.5 Å². The molecule has 24 heavy (non-hydrogen) atoms. The summed E-state index contributed by atoms with van der Waals surface area (Å²) in [6.45, 7) is 9.87. The lowest BCUT2D eigenvalue weighted by Crippen LogP contribution is -2.19. The van der Waals surface area contributed by atoms with Crippen molar-refractivity contribution in [2.75, 3.05) is 7.05 Å². The SMILES string of the molecule is C/C=C(\C=C(/CC)c1cn(C)c(=O)c2[nH]ccc12)C(=O)NC.C=C. The quantitative estimate of drug-likeness (QED) is 0.514. The maximum atomic E-state index is 12.1. The van der Waals surface area contributed by atoms with Crippen molar-refractivity contribution in [2.24, 2.45) is 7.05 Å². The Morgan fingerprint density at radius 1 is 1.42 bits per heavy atom. The number of likely N-dealkylation sites (N-methyl/N-ethyl adjacent to an activating group) is 1. The number of pyridine rings is 1. The number of amides is 1. The van der Waals surface area contributed by atoms with Crippen LogP contribution >= 0.6 is 0 Å². The number of fused-ring (bicyclic) bond motifs is 1. The van der Waals surface area contributed by atoms with E-state index in [-0.39, 0.29) is 11.5 Å². The number of H-pyrrole nitrogens is 1. The molecule has 0 aliphatic heterocycles. The van der Waals surface area contributed by atoms with Gasteiger partial charge >= 0.3 is 0 Å². The Morgan fingerprint density at radius 3 is 2.62 bits per heavy atom. The van der Waals surface area contributed by atoms with Crippen molar-refractivity contribution >= 4 is 22.4 Å². The Kier molecular flexibility index (Phi) is 6.98. The number of aromatic nitrogens is 2. The van der Waals surface area contributed by atoms with Gasteiger partial charge in [0.05, 0.1) is 0 Å². The number of nitrogens with one attached hydrogen (secondary N) is 2. The molecule has 0 atom stereocenters. The van der Waals surface area contributed by atoms with Crippen LogP contribution in [0.5, 0.6) is 0 Å². The molecule has 2 aromatic heterocycles. The third-order valence-electron chi connectivity index (χ3n) is 3.75. The van der Waals surface area contributed by atoms with Crippen molar-refractivity contribution in [1.82, 2.24) is 14.9 Å². The number of aryl methyl sites for hydroxylation is 1. The third-order valence-corrected chi connectivity index (χ3v) is 3.75. The fourth-order valence-electron chi connectivity index (χ4n) is 2.51. The van der Waals surface area contributed by atoms with Gasteiger partial charge in [-0.2, -0.15) is 0 Å². The van der Waals surface area contributed by atoms with Gasteiger partial charge in [0.25, 0.3) is 11.5 Å². The highest BCUT2D eigenvalue weighted by molar-refractivity contribution is 5.99. The molecule has 2 heterocycles. The largest absolute Gasteiger partial charge is 0.357 e. The minimum atomic E-state index is -0.122. The molecule has 1 amide bonds. The summed E-state index contributed by atoms with van der Waals surface area (Å²) in [7, 11) is 3.34. The van der Waals surface area contributed by atoms with Gasteiger partial charge in [-0.25, -0.2) is 0 Å². The van der Waals surface area contributed by atoms with Crippen molar-refractivity contribution in [2.45, 2.75) is 20.3 Å². The zero-order valence-corrected chi connectivity index (χ0v) is 14.8. The van der Waals surface area contributed by atoms with E-state index < -0.39 is 0 Å². The van der Waals surface area contributed by atoms with Crippen molar-refractivity contribution in [3.05, 3.63) is 65.3 Å². The summed E-state index contributed by atoms with van der Waals surface area (Å²) < 4.78 is 1.56. The molecule has 5 nitrogen and oxygen atoms in total. The highest BCUT2D eigenvalue weighted by atomic mass is 16.1. The molecule has 0 saturated heterocycles. The van der Waals surface area contributed by atoms with Gasteiger partial charge in [0.15, 0.2) is 0 Å². The van der Waals surface area contributed by atoms with E-state index in [1.807, 2.05) is 32.2 Å². The predicted octanol–water partition coefficient (Wildman–Crippen LogP) is 3.15. The Balaban J connectivity index is 0.00000139. The van der Waals surface area contributed by atoms with Gasteiger partial charge in [-0.3, -0.25) is 9.59 Å². The van der Waals surface area contributed by atoms with Crippen LogP contribution in [-0.4, -0.2) is 22.5 Å². The fraction of sp³-hybridized carbons (Fsp3) is 0.263. The van der Waals surface area contributed by atoms with Crippen LogP contribution < -0.4 is 10.9 Å². The minimum absolute atomic E-state index is 0.0586. The Bertz CT molecular complexity index is 838. The maximum Gasteiger partial charge on any atom is 0.274 e. The van der Waals surface area contributed by atoms with Gasteiger partial charge in [0, 0.05) is 43.0 Å². The molecule has 0 bridgehead atoms. The number of carbonyl (C=O) groups is 1. The summed E-state index contributed by atoms with van der Waals surface area (Å²) in [5, 5.41) is 3.51. The van der Waals surface area contributed by atoms with Gasteiger partial charge in [-0.15, -0.1) is 13.2 Å². The first kappa shape index (κ1) is 19.2. The zero-order chi connectivity index (χ0) is 18.3. The second-order valence-corrected chi connectivity index (χ2v) is 5.07. The van der Waals surface area contributed by atoms with Crippen LogP contribution in [0.2, 0.25) is 0 Å². The molecule has 0 unspecified atom stereocenters. The van der Waals surface area contributed by atoms with Gasteiger partial charge in [-0.1, -0.05) is 13.0 Å². The summed E-state index contributed by atoms with van der Waals surface area (Å²) in [4.78, 5) is 27.0. The predicted molar refractivity (Wildman–Crippen MR) is 101 cm³/mol. The second kappa shape index (κ2) is 8.72. The highest BCUT2D eigenvalue weighted by Gasteiger charge is 2.12. The number of carbonyl (C=O) groups excluding carboxylic acids is 1. The number of allylic oxidation sites excluding steroid dienone is 2. The van der Waals surface area contributed by atoms with E-state index in [1.54, 1.807) is 30.9 Å². The number of nitrogens with zero attached hydrogens (tertiary/aromatic N) is 1. The van der Waals surface area contributed by atoms with Crippen LogP contribution in [0.4, 0.5) is 0 Å². The zero-order valence-electron chi connectivity index (χ0n) is 14.8. The van der Waals surface area contributed by atoms with Crippen molar-refractivity contribution in [1.29, 1.82) is 0 Å². The first-order valence-corrected chi connectivity index (χ1v) is 7.79. The molecule has 0 saturated carbocycles. The average Bonchev–Trinajstić information content (AvgIpc) is 3.11. The summed E-state index contributed by atoms with van der Waals surface area (Å²) >= 11 is 0. The summed E-state index contributed by atoms with van der Waals surface area (Å²) in [5.74, 6) is -0.122. The normalized spacial score (nSPS) is 11.8. The molecule has 0 fully saturated rings. The fourth-order valence-corrected chi connectivity index (χ4v) is 2.51. The van der Waals surface area contributed by atoms with Crippen LogP contribution in [0.1, 0.15) is 25.8 Å². The molecule has 2 N–H and O–H groups in total. The van der Waals surface area contributed by atoms with E-state index in [4.69, 9.17) is 0 Å². The van der Waals surface area contributed by atoms with Gasteiger partial charge in [0.2, 0.25) is 0 Å². The monoisotopic (exact) mass is 327 g/mol. The van der Waals surface area contributed by atoms with Crippen LogP contribution in [0.15, 0.2) is 54.1 Å². The smallest absolute Gasteiger partial charge is 0.274 e. The Morgan fingerprint density at radius 2 is 2.08 bits per heavy atom. The number of aromatic amines is 1. The van der Waals surface area contributed by atoms with Crippen molar-refractivity contribution < 1.29 is 4.79 Å². The molecular weight excluding hydrogens is 302 g/mol. The van der Waals surface area contributed by atoms with Gasteiger partial charge in [0.1, 0.15) is 5.52 Å². The van der Waals surface area contributed by atoms with Crippen molar-refractivity contribution in [3.63, 3.8) is 0 Å². The molecule has 0 radical (unpaired) electrons. The molecule has 5 heteroatoms. The molecule has 0 aliphatic carbocycles. The van der Waals surface area contributed by atoms with Crippen LogP contribution in [0.25, 0.3) is 16.5 Å². The minimum Gasteiger partial charge on any atom is -0.357 e. The van der Waals surface area contributed by atoms with E-state index in [0.29, 0.717) is 11.1 Å². The lowest BCUT2D eigenvalue weighted by molar-refractivity contribution is -0.116. The number of hydrogen-bond acceptors (Lipinski definition) is 2. The summed E-state index contributed by atoms with van der Waals surface area (Å²) in [5.41, 5.74) is 3.11. The van der Waals surface area contributed by atoms with E-state index in [1.165, 1.54) is 0 Å². The Hall–Kier alpha value is -2.82. The van der Waals surface area contributed by atoms with E-state index in [0.717, 1.165) is 22.9 Å². The standard InChI is InChI=1S/C17H21N3O2.C2H4/c1-5-11(9-12(6-2)16(21)18-3)14-10-20(4)17(22)15-13(14)7-8-19-15;1-2/h6-10,19H,5H2,1-4H3,(H,18,21);1-2H2/b11-9+,12-6+;. The lowest BCUT2D eigenvalue weighted by atomic mass is 9.99. The third kappa shape index (κ3) is 3.74. The van der Waals surface area contributed by atoms with E-state index >= 15 is 0 Å². The van der Waals surface area contributed by atoms with E-state index in [9.17, 15) is 9.59 Å². The second-order valence-electron chi connectivity index (χ2n) is 5.07. The lowest BCUT2D eigenvalue weighted by Gasteiger charge is -2.10. The van der Waals surface area contributed by atoms with Gasteiger partial charge in [-0.05, 0) is 31.1 Å². The van der Waals surface area contributed by atoms with Crippen LogP contribution in [0, 0.1) is 0 Å². The first-order chi connectivity index (χ1) is 11.5. The molecule has 128 valence electrons. The molecule has 0 aromatic carbocycles. The van der Waals surface area contributed by atoms with Crippen molar-refractivity contribution in [3.8, 4) is 0 Å². The summed E-state index contributed by atoms with van der Waals surface area (Å²) in [6, 6.07) is 1.89. The first-order valence-electron chi connectivity index (χ1n) is 7.79. The molecule has 0 aliphatic rings. The Labute approximate surface area is 142 Å². The molecule has 2 rings (SSSR count). The highest BCUT2D eigenvalue weighted by Crippen LogP contribution is 2.26. The van der Waals surface area contributed by atoms with Crippen LogP contribution in [-0.2, 0) is 11.8 Å². The molecule has 0 spiro atoms. The number of hydrogen-bond donors (Lipinski definition) is 2. The molecule has 2 aromatic rings. The maximum absolute atomic E-state index is 12.1. The molecular formula is C19H25N3O2. The number of rotatable bonds is 4.